The first-order chi connectivity index (χ1) is 18.1. The molecule has 6 nitrogen and oxygen atoms in total. The molecule has 0 aliphatic carbocycles. The molecular formula is C28H23ClF3N3O3. The Balaban J connectivity index is 1.78. The quantitative estimate of drug-likeness (QED) is 0.182. The van der Waals surface area contributed by atoms with E-state index in [0.29, 0.717) is 26.5 Å². The third-order valence-corrected chi connectivity index (χ3v) is 6.05. The van der Waals surface area contributed by atoms with Crippen molar-refractivity contribution < 1.29 is 27.4 Å². The zero-order valence-corrected chi connectivity index (χ0v) is 21.5. The van der Waals surface area contributed by atoms with E-state index in [1.54, 1.807) is 37.4 Å². The molecule has 4 aromatic rings. The van der Waals surface area contributed by atoms with E-state index in [4.69, 9.17) is 21.1 Å². The summed E-state index contributed by atoms with van der Waals surface area (Å²) in [7, 11) is 1.60. The van der Waals surface area contributed by atoms with Gasteiger partial charge in [0, 0.05) is 16.1 Å². The second kappa shape index (κ2) is 11.1. The molecule has 2 aromatic carbocycles. The maximum absolute atomic E-state index is 14.0. The number of carbonyl (C=O) groups excluding carboxylic acids is 1. The molecule has 0 fully saturated rings. The van der Waals surface area contributed by atoms with Gasteiger partial charge in [-0.1, -0.05) is 48.0 Å². The molecule has 0 bridgehead atoms. The number of rotatable bonds is 7. The number of halogens is 4. The van der Waals surface area contributed by atoms with Crippen LogP contribution >= 0.6 is 11.6 Å². The van der Waals surface area contributed by atoms with Gasteiger partial charge in [0.25, 0.3) is 0 Å². The second-order valence-corrected chi connectivity index (χ2v) is 8.58. The third-order valence-electron chi connectivity index (χ3n) is 5.72. The minimum atomic E-state index is -4.88. The standard InChI is InChI=1S/C28H23ClF3N3O3/c1-4-38-27(36)22-16-33-35(26(22)28(30,31)32)25-10-6-9-24(34-25)21-7-5-8-23(29)20(21)14-12-18-11-13-19(37-3)15-17(18)2/h5-16H,4H2,1-3H3. The number of pyridine rings is 1. The molecule has 0 atom stereocenters. The molecule has 2 heterocycles. The number of alkyl halides is 3. The number of benzene rings is 2. The van der Waals surface area contributed by atoms with Crippen molar-refractivity contribution in [2.75, 3.05) is 13.7 Å². The molecule has 0 radical (unpaired) electrons. The van der Waals surface area contributed by atoms with Crippen LogP contribution in [0, 0.1) is 6.92 Å². The van der Waals surface area contributed by atoms with E-state index in [1.165, 1.54) is 13.0 Å². The van der Waals surface area contributed by atoms with Crippen molar-refractivity contribution in [3.8, 4) is 22.8 Å². The van der Waals surface area contributed by atoms with E-state index in [9.17, 15) is 18.0 Å². The molecule has 4 rings (SSSR count). The molecule has 38 heavy (non-hydrogen) atoms. The fourth-order valence-electron chi connectivity index (χ4n) is 3.91. The van der Waals surface area contributed by atoms with E-state index in [2.05, 4.69) is 10.1 Å². The Bertz CT molecular complexity index is 1510. The highest BCUT2D eigenvalue weighted by Crippen LogP contribution is 2.35. The van der Waals surface area contributed by atoms with Crippen molar-refractivity contribution in [2.45, 2.75) is 20.0 Å². The van der Waals surface area contributed by atoms with Crippen molar-refractivity contribution in [1.82, 2.24) is 14.8 Å². The van der Waals surface area contributed by atoms with E-state index in [-0.39, 0.29) is 12.4 Å². The first-order valence-corrected chi connectivity index (χ1v) is 11.9. The van der Waals surface area contributed by atoms with Gasteiger partial charge < -0.3 is 9.47 Å². The molecule has 0 unspecified atom stereocenters. The predicted molar refractivity (Wildman–Crippen MR) is 139 cm³/mol. The summed E-state index contributed by atoms with van der Waals surface area (Å²) >= 11 is 6.53. The van der Waals surface area contributed by atoms with Crippen LogP contribution < -0.4 is 4.74 Å². The minimum absolute atomic E-state index is 0.0733. The lowest BCUT2D eigenvalue weighted by molar-refractivity contribution is -0.143. The van der Waals surface area contributed by atoms with Crippen LogP contribution in [0.2, 0.25) is 5.02 Å². The lowest BCUT2D eigenvalue weighted by Gasteiger charge is -2.13. The summed E-state index contributed by atoms with van der Waals surface area (Å²) in [5, 5.41) is 4.26. The number of aryl methyl sites for hydroxylation is 1. The van der Waals surface area contributed by atoms with Crippen molar-refractivity contribution in [3.05, 3.63) is 93.8 Å². The summed E-state index contributed by atoms with van der Waals surface area (Å²) in [6.07, 6.45) is -0.324. The average molecular weight is 542 g/mol. The summed E-state index contributed by atoms with van der Waals surface area (Å²) in [6.45, 7) is 3.39. The summed E-state index contributed by atoms with van der Waals surface area (Å²) in [6, 6.07) is 15.5. The van der Waals surface area contributed by atoms with Crippen molar-refractivity contribution in [1.29, 1.82) is 0 Å². The van der Waals surface area contributed by atoms with Gasteiger partial charge in [0.1, 0.15) is 11.3 Å². The average Bonchev–Trinajstić information content (AvgIpc) is 3.35. The SMILES string of the molecule is CCOC(=O)c1cnn(-c2cccc(-c3cccc(Cl)c3C=Cc3ccc(OC)cc3C)n2)c1C(F)(F)F. The Morgan fingerprint density at radius 1 is 1.11 bits per heavy atom. The number of carbonyl (C=O) groups is 1. The molecule has 0 amide bonds. The molecule has 0 N–H and O–H groups in total. The van der Waals surface area contributed by atoms with Gasteiger partial charge in [-0.25, -0.2) is 14.5 Å². The van der Waals surface area contributed by atoms with Crippen LogP contribution in [0.1, 0.15) is 39.7 Å². The highest BCUT2D eigenvalue weighted by atomic mass is 35.5. The van der Waals surface area contributed by atoms with Crippen LogP contribution in [0.5, 0.6) is 5.75 Å². The van der Waals surface area contributed by atoms with Gasteiger partial charge >= 0.3 is 12.1 Å². The van der Waals surface area contributed by atoms with Gasteiger partial charge in [-0.3, -0.25) is 0 Å². The summed E-state index contributed by atoms with van der Waals surface area (Å²) in [5.74, 6) is -0.494. The minimum Gasteiger partial charge on any atom is -0.497 e. The number of aromatic nitrogens is 3. The molecule has 10 heteroatoms. The van der Waals surface area contributed by atoms with Crippen LogP contribution in [-0.4, -0.2) is 34.5 Å². The normalized spacial score (nSPS) is 11.7. The topological polar surface area (TPSA) is 66.2 Å². The summed E-state index contributed by atoms with van der Waals surface area (Å²) < 4.78 is 52.6. The van der Waals surface area contributed by atoms with Crippen LogP contribution in [0.25, 0.3) is 29.2 Å². The molecule has 0 spiro atoms. The molecule has 0 aliphatic rings. The molecule has 0 aliphatic heterocycles. The molecular weight excluding hydrogens is 519 g/mol. The van der Waals surface area contributed by atoms with E-state index < -0.39 is 23.4 Å². The van der Waals surface area contributed by atoms with E-state index in [0.717, 1.165) is 23.1 Å². The van der Waals surface area contributed by atoms with Crippen LogP contribution in [0.15, 0.2) is 60.8 Å². The Morgan fingerprint density at radius 3 is 2.55 bits per heavy atom. The summed E-state index contributed by atoms with van der Waals surface area (Å²) in [4.78, 5) is 16.6. The number of nitrogens with zero attached hydrogens (tertiary/aromatic N) is 3. The smallest absolute Gasteiger partial charge is 0.434 e. The Kier molecular flexibility index (Phi) is 7.87. The van der Waals surface area contributed by atoms with Gasteiger partial charge in [0.2, 0.25) is 0 Å². The predicted octanol–water partition coefficient (Wildman–Crippen LogP) is 7.27. The number of ether oxygens (including phenoxy) is 2. The number of hydrogen-bond acceptors (Lipinski definition) is 5. The first kappa shape index (κ1) is 26.9. The monoisotopic (exact) mass is 541 g/mol. The van der Waals surface area contributed by atoms with Crippen LogP contribution in [0.3, 0.4) is 0 Å². The van der Waals surface area contributed by atoms with Crippen molar-refractivity contribution in [2.24, 2.45) is 0 Å². The van der Waals surface area contributed by atoms with Gasteiger partial charge in [-0.05, 0) is 55.3 Å². The zero-order valence-electron chi connectivity index (χ0n) is 20.7. The van der Waals surface area contributed by atoms with Crippen molar-refractivity contribution in [3.63, 3.8) is 0 Å². The molecule has 0 saturated heterocycles. The molecule has 0 saturated carbocycles. The fourth-order valence-corrected chi connectivity index (χ4v) is 4.15. The van der Waals surface area contributed by atoms with Crippen LogP contribution in [0.4, 0.5) is 13.2 Å². The summed E-state index contributed by atoms with van der Waals surface area (Å²) in [5.41, 5.74) is 1.60. The highest BCUT2D eigenvalue weighted by Gasteiger charge is 2.41. The van der Waals surface area contributed by atoms with Gasteiger partial charge in [0.15, 0.2) is 11.5 Å². The van der Waals surface area contributed by atoms with Gasteiger partial charge in [-0.2, -0.15) is 18.3 Å². The lowest BCUT2D eigenvalue weighted by atomic mass is 10.0. The number of esters is 1. The molecule has 196 valence electrons. The third kappa shape index (κ3) is 5.57. The van der Waals surface area contributed by atoms with Gasteiger partial charge in [-0.15, -0.1) is 0 Å². The maximum atomic E-state index is 14.0. The lowest BCUT2D eigenvalue weighted by Crippen LogP contribution is -2.19. The number of hydrogen-bond donors (Lipinski definition) is 0. The Morgan fingerprint density at radius 2 is 1.87 bits per heavy atom. The second-order valence-electron chi connectivity index (χ2n) is 8.17. The first-order valence-electron chi connectivity index (χ1n) is 11.6. The van der Waals surface area contributed by atoms with E-state index >= 15 is 0 Å². The fraction of sp³-hybridized carbons (Fsp3) is 0.179. The Hall–Kier alpha value is -4.11. The van der Waals surface area contributed by atoms with Crippen molar-refractivity contribution >= 4 is 29.7 Å². The van der Waals surface area contributed by atoms with Gasteiger partial charge in [0.05, 0.1) is 25.6 Å². The zero-order chi connectivity index (χ0) is 27.4. The number of methoxy groups -OCH3 is 1. The van der Waals surface area contributed by atoms with E-state index in [1.807, 2.05) is 37.3 Å². The van der Waals surface area contributed by atoms with Crippen LogP contribution in [-0.2, 0) is 10.9 Å². The molecule has 2 aromatic heterocycles. The largest absolute Gasteiger partial charge is 0.497 e. The Labute approximate surface area is 222 Å². The maximum Gasteiger partial charge on any atom is 0.434 e. The highest BCUT2D eigenvalue weighted by molar-refractivity contribution is 6.32.